The van der Waals surface area contributed by atoms with Crippen molar-refractivity contribution in [2.24, 2.45) is 0 Å². The molecular weight excluding hydrogens is 509 g/mol. The Morgan fingerprint density at radius 1 is 1.10 bits per heavy atom. The molecule has 2 heterocycles. The van der Waals surface area contributed by atoms with Crippen LogP contribution >= 0.6 is 22.6 Å². The lowest BCUT2D eigenvalue weighted by molar-refractivity contribution is -0.0691. The van der Waals surface area contributed by atoms with Gasteiger partial charge < -0.3 is 19.3 Å². The number of halogens is 3. The average Bonchev–Trinajstić information content (AvgIpc) is 3.14. The smallest absolute Gasteiger partial charge is 0.451 e. The van der Waals surface area contributed by atoms with E-state index in [-0.39, 0.29) is 5.75 Å². The summed E-state index contributed by atoms with van der Waals surface area (Å²) in [6, 6.07) is 13.7. The number of methoxy groups -OCH3 is 1. The van der Waals surface area contributed by atoms with Crippen molar-refractivity contribution in [1.29, 1.82) is 0 Å². The second-order valence-electron chi connectivity index (χ2n) is 6.18. The number of ether oxygens (including phenoxy) is 2. The van der Waals surface area contributed by atoms with Gasteiger partial charge in [-0.05, 0) is 35.4 Å². The summed E-state index contributed by atoms with van der Waals surface area (Å²) < 4.78 is 37.7. The molecule has 1 N–H and O–H groups in total. The summed E-state index contributed by atoms with van der Waals surface area (Å²) in [4.78, 5) is 8.44. The van der Waals surface area contributed by atoms with E-state index in [9.17, 15) is 8.78 Å². The first-order valence-corrected chi connectivity index (χ1v) is 9.84. The summed E-state index contributed by atoms with van der Waals surface area (Å²) in [5.41, 5.74) is 2.32. The van der Waals surface area contributed by atoms with E-state index in [2.05, 4.69) is 25.2 Å². The van der Waals surface area contributed by atoms with Gasteiger partial charge >= 0.3 is 4.12 Å². The lowest BCUT2D eigenvalue weighted by atomic mass is 10.0. The maximum Gasteiger partial charge on any atom is 0.451 e. The third-order valence-corrected chi connectivity index (χ3v) is 4.41. The van der Waals surface area contributed by atoms with Crippen molar-refractivity contribution in [2.45, 2.75) is 10.7 Å². The summed E-state index contributed by atoms with van der Waals surface area (Å²) in [6.45, 7) is 0.333. The molecule has 7 nitrogen and oxygen atoms in total. The fraction of sp³-hybridized carbons (Fsp3) is 0.150. The number of rotatable bonds is 7. The number of aromatic nitrogens is 3. The molecular formula is C20H15F2IN4O3. The van der Waals surface area contributed by atoms with Crippen LogP contribution in [0.2, 0.25) is 0 Å². The highest BCUT2D eigenvalue weighted by atomic mass is 127. The molecule has 0 aliphatic rings. The van der Waals surface area contributed by atoms with Gasteiger partial charge in [0.2, 0.25) is 5.88 Å². The zero-order valence-electron chi connectivity index (χ0n) is 15.6. The quantitative estimate of drug-likeness (QED) is 0.261. The van der Waals surface area contributed by atoms with Gasteiger partial charge in [0.15, 0.2) is 17.2 Å². The van der Waals surface area contributed by atoms with E-state index in [0.29, 0.717) is 29.7 Å². The summed E-state index contributed by atoms with van der Waals surface area (Å²) in [6.07, 6.45) is 1.61. The topological polar surface area (TPSA) is 82.3 Å². The summed E-state index contributed by atoms with van der Waals surface area (Å²) in [7, 11) is 1.54. The molecule has 2 aromatic heterocycles. The number of hydrogen-bond donors (Lipinski definition) is 1. The van der Waals surface area contributed by atoms with Crippen LogP contribution in [0.5, 0.6) is 11.6 Å². The SMILES string of the molecule is COc1ccnc(CNc2noc3ccc(-c4ccc(OC(F)(F)I)cc4)cc23)n1. The van der Waals surface area contributed by atoms with E-state index in [0.717, 1.165) is 39.1 Å². The Bertz CT molecular complexity index is 1160. The predicted molar refractivity (Wildman–Crippen MR) is 115 cm³/mol. The zero-order chi connectivity index (χ0) is 21.1. The molecule has 154 valence electrons. The van der Waals surface area contributed by atoms with Gasteiger partial charge in [-0.25, -0.2) is 4.98 Å². The van der Waals surface area contributed by atoms with Crippen molar-refractivity contribution in [1.82, 2.24) is 15.1 Å². The van der Waals surface area contributed by atoms with E-state index in [1.54, 1.807) is 30.5 Å². The molecule has 4 rings (SSSR count). The van der Waals surface area contributed by atoms with Crippen LogP contribution < -0.4 is 14.8 Å². The van der Waals surface area contributed by atoms with Crippen LogP contribution in [0.1, 0.15) is 5.82 Å². The number of fused-ring (bicyclic) bond motifs is 1. The Hall–Kier alpha value is -3.02. The highest BCUT2D eigenvalue weighted by Gasteiger charge is 2.26. The fourth-order valence-corrected chi connectivity index (χ4v) is 3.09. The number of alkyl halides is 3. The Morgan fingerprint density at radius 3 is 2.60 bits per heavy atom. The van der Waals surface area contributed by atoms with Gasteiger partial charge in [-0.2, -0.15) is 13.8 Å². The van der Waals surface area contributed by atoms with Crippen molar-refractivity contribution >= 4 is 39.4 Å². The Kier molecular flexibility index (Phi) is 5.66. The molecule has 0 spiro atoms. The van der Waals surface area contributed by atoms with Crippen LogP contribution in [0.4, 0.5) is 14.6 Å². The summed E-state index contributed by atoms with van der Waals surface area (Å²) >= 11 is 0.933. The maximum atomic E-state index is 13.0. The molecule has 0 aliphatic heterocycles. The van der Waals surface area contributed by atoms with Gasteiger partial charge in [0, 0.05) is 12.3 Å². The van der Waals surface area contributed by atoms with Crippen LogP contribution in [0.25, 0.3) is 22.1 Å². The number of nitrogens with zero attached hydrogens (tertiary/aromatic N) is 3. The van der Waals surface area contributed by atoms with E-state index >= 15 is 0 Å². The third kappa shape index (κ3) is 4.75. The van der Waals surface area contributed by atoms with Gasteiger partial charge in [-0.1, -0.05) is 23.4 Å². The molecule has 2 aromatic carbocycles. The summed E-state index contributed by atoms with van der Waals surface area (Å²) in [5.74, 6) is 1.65. The second kappa shape index (κ2) is 8.38. The monoisotopic (exact) mass is 524 g/mol. The third-order valence-electron chi connectivity index (χ3n) is 4.19. The molecule has 10 heteroatoms. The lowest BCUT2D eigenvalue weighted by Crippen LogP contribution is -2.14. The Morgan fingerprint density at radius 2 is 1.87 bits per heavy atom. The minimum absolute atomic E-state index is 0.0878. The second-order valence-corrected chi connectivity index (χ2v) is 7.44. The van der Waals surface area contributed by atoms with Crippen molar-refractivity contribution in [3.05, 3.63) is 60.6 Å². The number of benzene rings is 2. The minimum Gasteiger partial charge on any atom is -0.481 e. The van der Waals surface area contributed by atoms with Gasteiger partial charge in [0.05, 0.1) is 41.6 Å². The molecule has 0 bridgehead atoms. The Balaban J connectivity index is 1.55. The summed E-state index contributed by atoms with van der Waals surface area (Å²) in [5, 5.41) is 8.00. The number of anilines is 1. The molecule has 0 saturated carbocycles. The van der Waals surface area contributed by atoms with Crippen LogP contribution in [-0.2, 0) is 6.54 Å². The van der Waals surface area contributed by atoms with Crippen molar-refractivity contribution in [2.75, 3.05) is 12.4 Å². The first-order chi connectivity index (χ1) is 14.4. The molecule has 0 radical (unpaired) electrons. The molecule has 0 atom stereocenters. The van der Waals surface area contributed by atoms with E-state index < -0.39 is 4.12 Å². The number of nitrogens with one attached hydrogen (secondary N) is 1. The highest BCUT2D eigenvalue weighted by Crippen LogP contribution is 2.32. The molecule has 30 heavy (non-hydrogen) atoms. The van der Waals surface area contributed by atoms with Crippen LogP contribution in [0.15, 0.2) is 59.3 Å². The number of hydrogen-bond acceptors (Lipinski definition) is 7. The fourth-order valence-electron chi connectivity index (χ4n) is 2.84. The molecule has 0 saturated heterocycles. The molecule has 0 aliphatic carbocycles. The normalized spacial score (nSPS) is 11.5. The van der Waals surface area contributed by atoms with E-state index in [1.165, 1.54) is 19.2 Å². The molecule has 0 unspecified atom stereocenters. The van der Waals surface area contributed by atoms with Crippen molar-refractivity contribution in [3.8, 4) is 22.8 Å². The molecule has 0 amide bonds. The zero-order valence-corrected chi connectivity index (χ0v) is 17.8. The maximum absolute atomic E-state index is 13.0. The van der Waals surface area contributed by atoms with Crippen LogP contribution in [0, 0.1) is 0 Å². The minimum atomic E-state index is -3.26. The van der Waals surface area contributed by atoms with Crippen LogP contribution in [0.3, 0.4) is 0 Å². The van der Waals surface area contributed by atoms with E-state index in [4.69, 9.17) is 9.26 Å². The standard InChI is InChI=1S/C20H15F2IN4O3/c1-28-18-8-9-24-17(26-18)11-25-19-15-10-13(4-7-16(15)30-27-19)12-2-5-14(6-3-12)29-20(21,22)23/h2-10H,11H2,1H3,(H,25,27). The van der Waals surface area contributed by atoms with Gasteiger partial charge in [-0.15, -0.1) is 0 Å². The van der Waals surface area contributed by atoms with Crippen molar-refractivity contribution in [3.63, 3.8) is 0 Å². The Labute approximate surface area is 183 Å². The van der Waals surface area contributed by atoms with Gasteiger partial charge in [0.1, 0.15) is 5.75 Å². The van der Waals surface area contributed by atoms with E-state index in [1.807, 2.05) is 12.1 Å². The van der Waals surface area contributed by atoms with Gasteiger partial charge in [-0.3, -0.25) is 0 Å². The van der Waals surface area contributed by atoms with Gasteiger partial charge in [0.25, 0.3) is 0 Å². The average molecular weight is 524 g/mol. The molecule has 4 aromatic rings. The first kappa shape index (κ1) is 20.3. The lowest BCUT2D eigenvalue weighted by Gasteiger charge is -2.11. The van der Waals surface area contributed by atoms with Crippen molar-refractivity contribution < 1.29 is 22.8 Å². The largest absolute Gasteiger partial charge is 0.481 e. The highest BCUT2D eigenvalue weighted by molar-refractivity contribution is 14.1. The molecule has 0 fully saturated rings. The van der Waals surface area contributed by atoms with Crippen LogP contribution in [-0.4, -0.2) is 26.3 Å². The predicted octanol–water partition coefficient (Wildman–Crippen LogP) is 5.27. The first-order valence-electron chi connectivity index (χ1n) is 8.77.